The minimum Gasteiger partial charge on any atom is -0.496 e. The molecule has 3 aromatic carbocycles. The fourth-order valence-electron chi connectivity index (χ4n) is 4.69. The second-order valence-corrected chi connectivity index (χ2v) is 9.41. The van der Waals surface area contributed by atoms with E-state index in [-0.39, 0.29) is 12.5 Å². The molecule has 2 amide bonds. The Kier molecular flexibility index (Phi) is 9.94. The fourth-order valence-corrected chi connectivity index (χ4v) is 4.69. The van der Waals surface area contributed by atoms with Crippen LogP contribution in [-0.4, -0.2) is 47.3 Å². The van der Waals surface area contributed by atoms with Crippen molar-refractivity contribution >= 4 is 12.0 Å². The van der Waals surface area contributed by atoms with Crippen LogP contribution < -0.4 is 14.8 Å². The van der Waals surface area contributed by atoms with E-state index < -0.39 is 5.97 Å². The Balaban J connectivity index is 1.68. The van der Waals surface area contributed by atoms with Crippen molar-refractivity contribution in [3.8, 4) is 33.9 Å². The zero-order chi connectivity index (χ0) is 29.2. The molecule has 1 aromatic heterocycles. The summed E-state index contributed by atoms with van der Waals surface area (Å²) in [6.07, 6.45) is 1.50. The van der Waals surface area contributed by atoms with Crippen LogP contribution in [0.25, 0.3) is 22.3 Å². The molecular formula is C33H35N3O5. The van der Waals surface area contributed by atoms with E-state index in [0.717, 1.165) is 33.4 Å². The maximum absolute atomic E-state index is 13.1. The largest absolute Gasteiger partial charge is 0.496 e. The second-order valence-electron chi connectivity index (χ2n) is 9.41. The quantitative estimate of drug-likeness (QED) is 0.217. The minimum atomic E-state index is -0.943. The molecule has 2 N–H and O–H groups in total. The lowest BCUT2D eigenvalue weighted by molar-refractivity contribution is -0.136. The first-order valence-corrected chi connectivity index (χ1v) is 13.6. The van der Waals surface area contributed by atoms with Gasteiger partial charge in [0, 0.05) is 43.0 Å². The smallest absolute Gasteiger partial charge is 0.317 e. The molecule has 41 heavy (non-hydrogen) atoms. The van der Waals surface area contributed by atoms with Gasteiger partial charge in [0.2, 0.25) is 5.88 Å². The third-order valence-electron chi connectivity index (χ3n) is 6.73. The molecule has 0 aliphatic heterocycles. The van der Waals surface area contributed by atoms with E-state index in [1.54, 1.807) is 24.3 Å². The lowest BCUT2D eigenvalue weighted by Crippen LogP contribution is -2.39. The Hall–Kier alpha value is -4.85. The Morgan fingerprint density at radius 1 is 0.902 bits per heavy atom. The van der Waals surface area contributed by atoms with Gasteiger partial charge in [0.1, 0.15) is 5.75 Å². The number of urea groups is 1. The summed E-state index contributed by atoms with van der Waals surface area (Å²) in [5.74, 6) is 0.149. The first-order valence-electron chi connectivity index (χ1n) is 13.6. The number of ether oxygens (including phenoxy) is 2. The lowest BCUT2D eigenvalue weighted by Gasteiger charge is -2.24. The number of aromatic nitrogens is 1. The molecule has 0 aliphatic carbocycles. The first kappa shape index (κ1) is 29.1. The summed E-state index contributed by atoms with van der Waals surface area (Å²) in [7, 11) is 1.59. The van der Waals surface area contributed by atoms with E-state index in [0.29, 0.717) is 43.4 Å². The average molecular weight is 554 g/mol. The third-order valence-corrected chi connectivity index (χ3v) is 6.73. The molecule has 212 valence electrons. The Morgan fingerprint density at radius 2 is 1.66 bits per heavy atom. The number of aliphatic carboxylic acids is 1. The molecule has 4 aromatic rings. The maximum atomic E-state index is 13.1. The number of carbonyl (C=O) groups is 2. The number of rotatable bonds is 12. The van der Waals surface area contributed by atoms with Gasteiger partial charge in [-0.3, -0.25) is 4.79 Å². The lowest BCUT2D eigenvalue weighted by atomic mass is 9.91. The summed E-state index contributed by atoms with van der Waals surface area (Å²) < 4.78 is 11.3. The summed E-state index contributed by atoms with van der Waals surface area (Å²) in [6, 6.07) is 24.7. The van der Waals surface area contributed by atoms with Gasteiger partial charge in [-0.2, -0.15) is 0 Å². The number of nitrogens with one attached hydrogen (secondary N) is 1. The van der Waals surface area contributed by atoms with Crippen molar-refractivity contribution in [2.24, 2.45) is 0 Å². The van der Waals surface area contributed by atoms with E-state index in [1.807, 2.05) is 86.6 Å². The van der Waals surface area contributed by atoms with Crippen LogP contribution in [0.3, 0.4) is 0 Å². The predicted molar refractivity (Wildman–Crippen MR) is 159 cm³/mol. The van der Waals surface area contributed by atoms with E-state index in [4.69, 9.17) is 9.47 Å². The van der Waals surface area contributed by atoms with Gasteiger partial charge in [0.25, 0.3) is 0 Å². The van der Waals surface area contributed by atoms with Crippen molar-refractivity contribution in [1.82, 2.24) is 15.2 Å². The molecular weight excluding hydrogens is 518 g/mol. The molecule has 0 spiro atoms. The molecule has 0 aliphatic rings. The normalized spacial score (nSPS) is 10.6. The zero-order valence-corrected chi connectivity index (χ0v) is 23.6. The van der Waals surface area contributed by atoms with Crippen molar-refractivity contribution < 1.29 is 24.2 Å². The van der Waals surface area contributed by atoms with Gasteiger partial charge < -0.3 is 24.8 Å². The monoisotopic (exact) mass is 553 g/mol. The first-order chi connectivity index (χ1) is 19.9. The highest BCUT2D eigenvalue weighted by Gasteiger charge is 2.20. The summed E-state index contributed by atoms with van der Waals surface area (Å²) in [6.45, 7) is 5.65. The Bertz CT molecular complexity index is 1470. The van der Waals surface area contributed by atoms with Crippen LogP contribution >= 0.6 is 0 Å². The SMILES string of the molecule is CCOc1ccc(-c2cc(OC)c(-c3ccccc3CN(CC)C(=O)NCc3ccccc3)cc2CC(=O)O)cn1. The van der Waals surface area contributed by atoms with E-state index in [2.05, 4.69) is 10.3 Å². The number of hydrogen-bond acceptors (Lipinski definition) is 5. The number of carboxylic acids is 1. The Morgan fingerprint density at radius 3 is 2.32 bits per heavy atom. The number of hydrogen-bond donors (Lipinski definition) is 2. The number of pyridine rings is 1. The van der Waals surface area contributed by atoms with E-state index in [9.17, 15) is 14.7 Å². The maximum Gasteiger partial charge on any atom is 0.317 e. The molecule has 8 heteroatoms. The number of benzene rings is 3. The fraction of sp³-hybridized carbons (Fsp3) is 0.242. The molecule has 0 bridgehead atoms. The van der Waals surface area contributed by atoms with Crippen LogP contribution in [-0.2, 0) is 24.3 Å². The summed E-state index contributed by atoms with van der Waals surface area (Å²) in [5.41, 5.74) is 5.66. The van der Waals surface area contributed by atoms with Crippen LogP contribution in [0.4, 0.5) is 4.79 Å². The van der Waals surface area contributed by atoms with Crippen molar-refractivity contribution in [3.63, 3.8) is 0 Å². The van der Waals surface area contributed by atoms with Gasteiger partial charge in [-0.1, -0.05) is 54.6 Å². The van der Waals surface area contributed by atoms with Crippen LogP contribution in [0.5, 0.6) is 11.6 Å². The van der Waals surface area contributed by atoms with Crippen molar-refractivity contribution in [3.05, 3.63) is 102 Å². The molecule has 0 fully saturated rings. The van der Waals surface area contributed by atoms with Crippen LogP contribution in [0.2, 0.25) is 0 Å². The molecule has 0 saturated carbocycles. The van der Waals surface area contributed by atoms with Crippen LogP contribution in [0.15, 0.2) is 85.1 Å². The van der Waals surface area contributed by atoms with Crippen molar-refractivity contribution in [2.75, 3.05) is 20.3 Å². The van der Waals surface area contributed by atoms with Gasteiger partial charge >= 0.3 is 12.0 Å². The topological polar surface area (TPSA) is 101 Å². The summed E-state index contributed by atoms with van der Waals surface area (Å²) in [5, 5.41) is 12.7. The van der Waals surface area contributed by atoms with E-state index in [1.165, 1.54) is 0 Å². The van der Waals surface area contributed by atoms with Gasteiger partial charge in [-0.15, -0.1) is 0 Å². The molecule has 0 saturated heterocycles. The van der Waals surface area contributed by atoms with Gasteiger partial charge in [0.05, 0.1) is 20.1 Å². The average Bonchev–Trinajstić information content (AvgIpc) is 2.99. The highest BCUT2D eigenvalue weighted by atomic mass is 16.5. The van der Waals surface area contributed by atoms with Gasteiger partial charge in [0.15, 0.2) is 0 Å². The molecule has 0 unspecified atom stereocenters. The van der Waals surface area contributed by atoms with Crippen LogP contribution in [0.1, 0.15) is 30.5 Å². The van der Waals surface area contributed by atoms with Gasteiger partial charge in [-0.25, -0.2) is 9.78 Å². The van der Waals surface area contributed by atoms with Crippen molar-refractivity contribution in [2.45, 2.75) is 33.4 Å². The second kappa shape index (κ2) is 14.0. The molecule has 0 atom stereocenters. The zero-order valence-electron chi connectivity index (χ0n) is 23.6. The van der Waals surface area contributed by atoms with Crippen molar-refractivity contribution in [1.29, 1.82) is 0 Å². The third kappa shape index (κ3) is 7.42. The molecule has 4 rings (SSSR count). The van der Waals surface area contributed by atoms with Gasteiger partial charge in [-0.05, 0) is 59.9 Å². The van der Waals surface area contributed by atoms with Crippen LogP contribution in [0, 0.1) is 0 Å². The highest BCUT2D eigenvalue weighted by molar-refractivity contribution is 5.84. The molecule has 0 radical (unpaired) electrons. The summed E-state index contributed by atoms with van der Waals surface area (Å²) >= 11 is 0. The molecule has 8 nitrogen and oxygen atoms in total. The standard InChI is InChI=1S/C33H35N3O5/c1-4-36(33(39)35-20-23-11-7-6-8-12-23)22-25-13-9-10-14-27(25)29-17-26(18-32(37)38)28(19-30(29)40-3)24-15-16-31(34-21-24)41-5-2/h6-17,19,21H,4-5,18,20,22H2,1-3H3,(H,35,39)(H,37,38). The minimum absolute atomic E-state index is 0.164. The number of methoxy groups -OCH3 is 1. The number of amides is 2. The molecule has 1 heterocycles. The summed E-state index contributed by atoms with van der Waals surface area (Å²) in [4.78, 5) is 31.0. The number of nitrogens with zero attached hydrogens (tertiary/aromatic N) is 2. The van der Waals surface area contributed by atoms with E-state index >= 15 is 0 Å². The number of carbonyl (C=O) groups excluding carboxylic acids is 1. The highest BCUT2D eigenvalue weighted by Crippen LogP contribution is 2.39. The Labute approximate surface area is 240 Å². The predicted octanol–water partition coefficient (Wildman–Crippen LogP) is 6.18. The number of carboxylic acid groups (broad SMARTS) is 1.